The molecule has 1 atom stereocenters. The summed E-state index contributed by atoms with van der Waals surface area (Å²) in [7, 11) is 0. The molecule has 1 aromatic heterocycles. The first kappa shape index (κ1) is 27.8. The number of nitrogens with zero attached hydrogens (tertiary/aromatic N) is 1. The number of ether oxygens (including phenoxy) is 1. The van der Waals surface area contributed by atoms with Gasteiger partial charge in [-0.3, -0.25) is 4.79 Å². The summed E-state index contributed by atoms with van der Waals surface area (Å²) in [4.78, 5) is 18.3. The van der Waals surface area contributed by atoms with Crippen molar-refractivity contribution in [3.63, 3.8) is 0 Å². The number of aryl methyl sites for hydroxylation is 2. The van der Waals surface area contributed by atoms with E-state index in [1.165, 1.54) is 16.9 Å². The van der Waals surface area contributed by atoms with Crippen LogP contribution in [0.5, 0.6) is 0 Å². The number of aromatic nitrogens is 1. The lowest BCUT2D eigenvalue weighted by atomic mass is 10.0. The Balaban J connectivity index is 0.00000129. The molecule has 4 nitrogen and oxygen atoms in total. The van der Waals surface area contributed by atoms with E-state index >= 15 is 0 Å². The Kier molecular flexibility index (Phi) is 11.0. The monoisotopic (exact) mass is 498 g/mol. The van der Waals surface area contributed by atoms with Gasteiger partial charge in [0.2, 0.25) is 0 Å². The number of carbonyl (C=O) groups excluding carboxylic acids is 1. The summed E-state index contributed by atoms with van der Waals surface area (Å²) in [6, 6.07) is 13.9. The number of benzene rings is 2. The molecule has 0 fully saturated rings. The number of hydrogen-bond acceptors (Lipinski definition) is 4. The van der Waals surface area contributed by atoms with E-state index in [2.05, 4.69) is 48.9 Å². The normalized spacial score (nSPS) is 11.5. The average Bonchev–Trinajstić information content (AvgIpc) is 3.15. The summed E-state index contributed by atoms with van der Waals surface area (Å²) in [5.74, 6) is -0.173. The van der Waals surface area contributed by atoms with E-state index in [0.717, 1.165) is 33.0 Å². The first-order valence-electron chi connectivity index (χ1n) is 11.5. The van der Waals surface area contributed by atoms with E-state index in [4.69, 9.17) is 16.3 Å². The minimum Gasteiger partial charge on any atom is -0.376 e. The van der Waals surface area contributed by atoms with Crippen molar-refractivity contribution in [3.05, 3.63) is 87.4 Å². The minimum atomic E-state index is -0.173. The van der Waals surface area contributed by atoms with Gasteiger partial charge in [0.15, 0.2) is 0 Å². The van der Waals surface area contributed by atoms with Crippen molar-refractivity contribution in [1.29, 1.82) is 0 Å². The second-order valence-corrected chi connectivity index (χ2v) is 10.1. The highest BCUT2D eigenvalue weighted by Crippen LogP contribution is 2.32. The van der Waals surface area contributed by atoms with Crippen LogP contribution < -0.4 is 5.32 Å². The molecule has 3 aromatic rings. The van der Waals surface area contributed by atoms with Crippen molar-refractivity contribution in [1.82, 2.24) is 10.3 Å². The van der Waals surface area contributed by atoms with Crippen LogP contribution in [0.1, 0.15) is 59.8 Å². The summed E-state index contributed by atoms with van der Waals surface area (Å²) in [5, 5.41) is 4.42. The first-order chi connectivity index (χ1) is 16.2. The topological polar surface area (TPSA) is 51.2 Å². The molecule has 34 heavy (non-hydrogen) atoms. The average molecular weight is 499 g/mol. The Morgan fingerprint density at radius 2 is 1.88 bits per heavy atom. The standard InChI is InChI=1S/C25H29ClN2O2S.C3H6/c1-15(2)30-17(4)12-19-11-10-16(3)20(13-19)14-27-24(29)23-18(5)31-25(28-23)21-8-6-7-9-22(21)26;1-3-2/h6-11,13,15,17H,12,14H2,1-5H3,(H,27,29);3H,1H2,2H3. The number of carbonyl (C=O) groups is 1. The molecule has 182 valence electrons. The van der Waals surface area contributed by atoms with Crippen LogP contribution in [0, 0.1) is 13.8 Å². The van der Waals surface area contributed by atoms with Crippen LogP contribution in [0.2, 0.25) is 5.02 Å². The maximum atomic E-state index is 12.8. The third-order valence-electron chi connectivity index (χ3n) is 5.00. The van der Waals surface area contributed by atoms with Gasteiger partial charge in [-0.05, 0) is 70.7 Å². The highest BCUT2D eigenvalue weighted by atomic mass is 35.5. The maximum Gasteiger partial charge on any atom is 0.271 e. The molecule has 2 aromatic carbocycles. The van der Waals surface area contributed by atoms with Crippen LogP contribution in [0.4, 0.5) is 0 Å². The van der Waals surface area contributed by atoms with E-state index in [1.807, 2.05) is 52.0 Å². The molecule has 0 aliphatic rings. The predicted octanol–water partition coefficient (Wildman–Crippen LogP) is 7.56. The number of allylic oxidation sites excluding steroid dienone is 1. The van der Waals surface area contributed by atoms with Crippen molar-refractivity contribution < 1.29 is 9.53 Å². The lowest BCUT2D eigenvalue weighted by Crippen LogP contribution is -2.24. The van der Waals surface area contributed by atoms with Gasteiger partial charge in [0, 0.05) is 17.0 Å². The van der Waals surface area contributed by atoms with Crippen LogP contribution in [-0.2, 0) is 17.7 Å². The molecule has 1 unspecified atom stereocenters. The molecule has 0 radical (unpaired) electrons. The van der Waals surface area contributed by atoms with Crippen molar-refractivity contribution in [2.75, 3.05) is 0 Å². The first-order valence-corrected chi connectivity index (χ1v) is 12.7. The molecular formula is C28H35ClN2O2S. The summed E-state index contributed by atoms with van der Waals surface area (Å²) in [6.07, 6.45) is 2.94. The van der Waals surface area contributed by atoms with Crippen molar-refractivity contribution in [2.45, 2.75) is 66.7 Å². The number of halogens is 1. The highest BCUT2D eigenvalue weighted by Gasteiger charge is 2.18. The zero-order valence-corrected chi connectivity index (χ0v) is 22.5. The van der Waals surface area contributed by atoms with E-state index < -0.39 is 0 Å². The lowest BCUT2D eigenvalue weighted by molar-refractivity contribution is 0.0195. The van der Waals surface area contributed by atoms with Gasteiger partial charge in [-0.2, -0.15) is 0 Å². The van der Waals surface area contributed by atoms with Gasteiger partial charge in [0.1, 0.15) is 10.7 Å². The van der Waals surface area contributed by atoms with Gasteiger partial charge in [0.05, 0.1) is 17.2 Å². The second kappa shape index (κ2) is 13.4. The number of amides is 1. The van der Waals surface area contributed by atoms with Crippen LogP contribution in [-0.4, -0.2) is 23.1 Å². The molecule has 3 rings (SSSR count). The Hall–Kier alpha value is -2.47. The number of rotatable bonds is 8. The number of thiazole rings is 1. The molecule has 1 N–H and O–H groups in total. The molecular weight excluding hydrogens is 464 g/mol. The van der Waals surface area contributed by atoms with E-state index in [0.29, 0.717) is 17.3 Å². The van der Waals surface area contributed by atoms with Crippen molar-refractivity contribution in [3.8, 4) is 10.6 Å². The fourth-order valence-corrected chi connectivity index (χ4v) is 4.73. The van der Waals surface area contributed by atoms with Gasteiger partial charge in [-0.1, -0.05) is 54.1 Å². The molecule has 1 amide bonds. The molecule has 0 saturated carbocycles. The van der Waals surface area contributed by atoms with Gasteiger partial charge >= 0.3 is 0 Å². The van der Waals surface area contributed by atoms with Gasteiger partial charge < -0.3 is 10.1 Å². The van der Waals surface area contributed by atoms with Crippen molar-refractivity contribution in [2.24, 2.45) is 0 Å². The van der Waals surface area contributed by atoms with Crippen LogP contribution in [0.15, 0.2) is 55.1 Å². The van der Waals surface area contributed by atoms with Gasteiger partial charge in [-0.25, -0.2) is 4.98 Å². The molecule has 0 bridgehead atoms. The highest BCUT2D eigenvalue weighted by molar-refractivity contribution is 7.15. The summed E-state index contributed by atoms with van der Waals surface area (Å²) < 4.78 is 5.85. The zero-order chi connectivity index (χ0) is 25.3. The van der Waals surface area contributed by atoms with E-state index in [9.17, 15) is 4.79 Å². The zero-order valence-electron chi connectivity index (χ0n) is 20.9. The molecule has 0 spiro atoms. The minimum absolute atomic E-state index is 0.144. The number of hydrogen-bond donors (Lipinski definition) is 1. The SMILES string of the molecule is C=CC.Cc1ccc(CC(C)OC(C)C)cc1CNC(=O)c1nc(-c2ccccc2Cl)sc1C. The van der Waals surface area contributed by atoms with Crippen molar-refractivity contribution >= 4 is 28.8 Å². The van der Waals surface area contributed by atoms with Crippen LogP contribution in [0.25, 0.3) is 10.6 Å². The molecule has 1 heterocycles. The Labute approximate surface area is 213 Å². The van der Waals surface area contributed by atoms with E-state index in [-0.39, 0.29) is 18.1 Å². The molecule has 6 heteroatoms. The summed E-state index contributed by atoms with van der Waals surface area (Å²) in [6.45, 7) is 15.9. The molecule has 0 aliphatic carbocycles. The maximum absolute atomic E-state index is 12.8. The Morgan fingerprint density at radius 3 is 2.53 bits per heavy atom. The predicted molar refractivity (Wildman–Crippen MR) is 145 cm³/mol. The molecule has 0 saturated heterocycles. The fourth-order valence-electron chi connectivity index (χ4n) is 3.50. The lowest BCUT2D eigenvalue weighted by Gasteiger charge is -2.17. The number of nitrogens with one attached hydrogen (secondary N) is 1. The summed E-state index contributed by atoms with van der Waals surface area (Å²) >= 11 is 7.77. The fraction of sp³-hybridized carbons (Fsp3) is 0.357. The smallest absolute Gasteiger partial charge is 0.271 e. The quantitative estimate of drug-likeness (QED) is 0.326. The second-order valence-electron chi connectivity index (χ2n) is 8.45. The largest absolute Gasteiger partial charge is 0.376 e. The van der Waals surface area contributed by atoms with Gasteiger partial charge in [0.25, 0.3) is 5.91 Å². The third-order valence-corrected chi connectivity index (χ3v) is 6.33. The molecule has 0 aliphatic heterocycles. The Bertz CT molecular complexity index is 1110. The third kappa shape index (κ3) is 8.08. The van der Waals surface area contributed by atoms with Gasteiger partial charge in [-0.15, -0.1) is 17.9 Å². The van der Waals surface area contributed by atoms with Crippen LogP contribution in [0.3, 0.4) is 0 Å². The van der Waals surface area contributed by atoms with E-state index in [1.54, 1.807) is 6.08 Å². The van der Waals surface area contributed by atoms with Crippen LogP contribution >= 0.6 is 22.9 Å². The Morgan fingerprint density at radius 1 is 1.21 bits per heavy atom. The summed E-state index contributed by atoms with van der Waals surface area (Å²) in [5.41, 5.74) is 4.74.